The minimum absolute atomic E-state index is 0.0200. The molecule has 0 radical (unpaired) electrons. The van der Waals surface area contributed by atoms with E-state index in [0.717, 1.165) is 23.3 Å². The minimum atomic E-state index is -0.0200. The Morgan fingerprint density at radius 2 is 1.96 bits per heavy atom. The summed E-state index contributed by atoms with van der Waals surface area (Å²) in [6.07, 6.45) is 0.820. The maximum absolute atomic E-state index is 12.0. The van der Waals surface area contributed by atoms with Gasteiger partial charge in [0.05, 0.1) is 25.7 Å². The number of nitrogens with one attached hydrogen (secondary N) is 2. The SMILES string of the molecule is CN(C)C(=O)CNC(=NCc1ccc(Cl)cc1)NC1CCOc2ccccc21. The van der Waals surface area contributed by atoms with Crippen molar-refractivity contribution in [2.75, 3.05) is 27.2 Å². The lowest BCUT2D eigenvalue weighted by Crippen LogP contribution is -2.45. The normalized spacial score (nSPS) is 16.0. The van der Waals surface area contributed by atoms with Gasteiger partial charge in [0, 0.05) is 31.1 Å². The number of para-hydroxylation sites is 1. The third-order valence-corrected chi connectivity index (χ3v) is 4.76. The molecule has 1 aliphatic rings. The van der Waals surface area contributed by atoms with Gasteiger partial charge in [-0.2, -0.15) is 0 Å². The molecular formula is C21H25ClN4O2. The number of guanidine groups is 1. The van der Waals surface area contributed by atoms with Crippen molar-refractivity contribution in [3.8, 4) is 5.75 Å². The lowest BCUT2D eigenvalue weighted by molar-refractivity contribution is -0.127. The van der Waals surface area contributed by atoms with E-state index in [-0.39, 0.29) is 18.5 Å². The largest absolute Gasteiger partial charge is 0.493 e. The fourth-order valence-corrected chi connectivity index (χ4v) is 3.01. The van der Waals surface area contributed by atoms with E-state index in [2.05, 4.69) is 15.6 Å². The summed E-state index contributed by atoms with van der Waals surface area (Å²) in [5.41, 5.74) is 2.13. The Bertz CT molecular complexity index is 837. The predicted molar refractivity (Wildman–Crippen MR) is 112 cm³/mol. The standard InChI is InChI=1S/C21H25ClN4O2/c1-26(2)20(27)14-24-21(23-13-15-7-9-16(22)10-8-15)25-18-11-12-28-19-6-4-3-5-17(18)19/h3-10,18H,11-14H2,1-2H3,(H2,23,24,25). The van der Waals surface area contributed by atoms with Crippen LogP contribution in [0.15, 0.2) is 53.5 Å². The van der Waals surface area contributed by atoms with Crippen LogP contribution in [0.5, 0.6) is 5.75 Å². The highest BCUT2D eigenvalue weighted by atomic mass is 35.5. The van der Waals surface area contributed by atoms with Crippen LogP contribution in [-0.2, 0) is 11.3 Å². The van der Waals surface area contributed by atoms with Gasteiger partial charge in [-0.05, 0) is 23.8 Å². The van der Waals surface area contributed by atoms with Crippen LogP contribution in [0.1, 0.15) is 23.6 Å². The number of ether oxygens (including phenoxy) is 1. The second kappa shape index (κ2) is 9.46. The number of halogens is 1. The van der Waals surface area contributed by atoms with Crippen molar-refractivity contribution in [3.63, 3.8) is 0 Å². The average molecular weight is 401 g/mol. The third-order valence-electron chi connectivity index (χ3n) is 4.51. The molecule has 7 heteroatoms. The molecule has 2 aromatic rings. The maximum Gasteiger partial charge on any atom is 0.241 e. The number of aliphatic imine (C=N–C) groups is 1. The van der Waals surface area contributed by atoms with Crippen LogP contribution in [-0.4, -0.2) is 44.0 Å². The van der Waals surface area contributed by atoms with Crippen molar-refractivity contribution in [2.24, 2.45) is 4.99 Å². The number of carbonyl (C=O) groups excluding carboxylic acids is 1. The number of carbonyl (C=O) groups is 1. The first-order valence-electron chi connectivity index (χ1n) is 9.24. The Labute approximate surface area is 170 Å². The van der Waals surface area contributed by atoms with Gasteiger partial charge in [0.15, 0.2) is 5.96 Å². The predicted octanol–water partition coefficient (Wildman–Crippen LogP) is 2.99. The van der Waals surface area contributed by atoms with E-state index in [1.807, 2.05) is 48.5 Å². The monoisotopic (exact) mass is 400 g/mol. The zero-order chi connectivity index (χ0) is 19.9. The number of amides is 1. The maximum atomic E-state index is 12.0. The van der Waals surface area contributed by atoms with Crippen LogP contribution in [0.4, 0.5) is 0 Å². The molecule has 1 unspecified atom stereocenters. The molecule has 0 fully saturated rings. The van der Waals surface area contributed by atoms with E-state index in [1.54, 1.807) is 19.0 Å². The molecule has 0 saturated heterocycles. The molecule has 1 heterocycles. The van der Waals surface area contributed by atoms with E-state index in [9.17, 15) is 4.79 Å². The van der Waals surface area contributed by atoms with Gasteiger partial charge in [-0.15, -0.1) is 0 Å². The summed E-state index contributed by atoms with van der Waals surface area (Å²) in [5, 5.41) is 7.29. The van der Waals surface area contributed by atoms with E-state index in [1.165, 1.54) is 0 Å². The number of fused-ring (bicyclic) bond motifs is 1. The van der Waals surface area contributed by atoms with Crippen molar-refractivity contribution in [1.29, 1.82) is 0 Å². The first kappa shape index (κ1) is 20.0. The smallest absolute Gasteiger partial charge is 0.241 e. The molecule has 2 aromatic carbocycles. The summed E-state index contributed by atoms with van der Waals surface area (Å²) in [6.45, 7) is 1.29. The van der Waals surface area contributed by atoms with Gasteiger partial charge < -0.3 is 20.3 Å². The Morgan fingerprint density at radius 3 is 2.71 bits per heavy atom. The van der Waals surface area contributed by atoms with Crippen LogP contribution >= 0.6 is 11.6 Å². The number of nitrogens with zero attached hydrogens (tertiary/aromatic N) is 2. The topological polar surface area (TPSA) is 66.0 Å². The van der Waals surface area contributed by atoms with Crippen molar-refractivity contribution in [2.45, 2.75) is 19.0 Å². The van der Waals surface area contributed by atoms with Gasteiger partial charge in [-0.3, -0.25) is 4.79 Å². The lowest BCUT2D eigenvalue weighted by Gasteiger charge is -2.28. The summed E-state index contributed by atoms with van der Waals surface area (Å²) in [7, 11) is 3.47. The highest BCUT2D eigenvalue weighted by molar-refractivity contribution is 6.30. The molecule has 1 amide bonds. The molecule has 0 spiro atoms. The highest BCUT2D eigenvalue weighted by Gasteiger charge is 2.22. The number of rotatable bonds is 5. The zero-order valence-corrected chi connectivity index (χ0v) is 16.9. The minimum Gasteiger partial charge on any atom is -0.493 e. The quantitative estimate of drug-likeness (QED) is 0.598. The summed E-state index contributed by atoms with van der Waals surface area (Å²) in [5.74, 6) is 1.45. The van der Waals surface area contributed by atoms with E-state index < -0.39 is 0 Å². The fourth-order valence-electron chi connectivity index (χ4n) is 2.89. The first-order chi connectivity index (χ1) is 13.5. The molecular weight excluding hydrogens is 376 g/mol. The van der Waals surface area contributed by atoms with E-state index in [0.29, 0.717) is 24.1 Å². The summed E-state index contributed by atoms with van der Waals surface area (Å²) >= 11 is 5.95. The molecule has 28 heavy (non-hydrogen) atoms. The lowest BCUT2D eigenvalue weighted by atomic mass is 10.0. The Hall–Kier alpha value is -2.73. The zero-order valence-electron chi connectivity index (χ0n) is 16.1. The van der Waals surface area contributed by atoms with Crippen molar-refractivity contribution >= 4 is 23.5 Å². The van der Waals surface area contributed by atoms with Gasteiger partial charge >= 0.3 is 0 Å². The second-order valence-corrected chi connectivity index (χ2v) is 7.24. The molecule has 0 aromatic heterocycles. The second-order valence-electron chi connectivity index (χ2n) is 6.80. The summed E-state index contributed by atoms with van der Waals surface area (Å²) in [4.78, 5) is 18.2. The molecule has 2 N–H and O–H groups in total. The molecule has 1 atom stereocenters. The van der Waals surface area contributed by atoms with Crippen LogP contribution in [0.25, 0.3) is 0 Å². The van der Waals surface area contributed by atoms with Crippen molar-refractivity contribution in [1.82, 2.24) is 15.5 Å². The number of benzene rings is 2. The molecule has 3 rings (SSSR count). The first-order valence-corrected chi connectivity index (χ1v) is 9.62. The Balaban J connectivity index is 1.75. The van der Waals surface area contributed by atoms with Crippen molar-refractivity contribution in [3.05, 3.63) is 64.7 Å². The third kappa shape index (κ3) is 5.39. The molecule has 6 nitrogen and oxygen atoms in total. The van der Waals surface area contributed by atoms with Crippen LogP contribution in [0, 0.1) is 0 Å². The van der Waals surface area contributed by atoms with Gasteiger partial charge in [-0.1, -0.05) is 41.9 Å². The van der Waals surface area contributed by atoms with Crippen molar-refractivity contribution < 1.29 is 9.53 Å². The Kier molecular flexibility index (Phi) is 6.76. The van der Waals surface area contributed by atoms with Gasteiger partial charge in [0.25, 0.3) is 0 Å². The molecule has 0 bridgehead atoms. The van der Waals surface area contributed by atoms with Crippen LogP contribution < -0.4 is 15.4 Å². The van der Waals surface area contributed by atoms with Gasteiger partial charge in [-0.25, -0.2) is 4.99 Å². The molecule has 0 saturated carbocycles. The Morgan fingerprint density at radius 1 is 1.21 bits per heavy atom. The average Bonchev–Trinajstić information content (AvgIpc) is 2.71. The van der Waals surface area contributed by atoms with Crippen LogP contribution in [0.3, 0.4) is 0 Å². The number of hydrogen-bond acceptors (Lipinski definition) is 3. The van der Waals surface area contributed by atoms with Gasteiger partial charge in [0.2, 0.25) is 5.91 Å². The fraction of sp³-hybridized carbons (Fsp3) is 0.333. The van der Waals surface area contributed by atoms with Crippen LogP contribution in [0.2, 0.25) is 5.02 Å². The summed E-state index contributed by atoms with van der Waals surface area (Å²) in [6, 6.07) is 15.6. The van der Waals surface area contributed by atoms with E-state index >= 15 is 0 Å². The highest BCUT2D eigenvalue weighted by Crippen LogP contribution is 2.31. The molecule has 1 aliphatic heterocycles. The molecule has 0 aliphatic carbocycles. The number of hydrogen-bond donors (Lipinski definition) is 2. The van der Waals surface area contributed by atoms with Gasteiger partial charge in [0.1, 0.15) is 5.75 Å². The van der Waals surface area contributed by atoms with E-state index in [4.69, 9.17) is 16.3 Å². The molecule has 148 valence electrons. The summed E-state index contributed by atoms with van der Waals surface area (Å²) < 4.78 is 5.73. The number of likely N-dealkylation sites (N-methyl/N-ethyl adjacent to an activating group) is 1.